The van der Waals surface area contributed by atoms with Crippen molar-refractivity contribution in [3.05, 3.63) is 41.5 Å². The Morgan fingerprint density at radius 2 is 2.00 bits per heavy atom. The zero-order valence-corrected chi connectivity index (χ0v) is 14.7. The van der Waals surface area contributed by atoms with E-state index in [0.717, 1.165) is 38.5 Å². The maximum Gasteiger partial charge on any atom is 0.354 e. The predicted molar refractivity (Wildman–Crippen MR) is 98.5 cm³/mol. The van der Waals surface area contributed by atoms with Crippen LogP contribution in [0.4, 0.5) is 0 Å². The molecule has 0 bridgehead atoms. The van der Waals surface area contributed by atoms with E-state index >= 15 is 0 Å². The van der Waals surface area contributed by atoms with Gasteiger partial charge < -0.3 is 14.8 Å². The first-order valence-corrected chi connectivity index (χ1v) is 8.32. The van der Waals surface area contributed by atoms with Gasteiger partial charge in [-0.25, -0.2) is 14.8 Å². The Kier molecular flexibility index (Phi) is 3.81. The number of H-pyrrole nitrogens is 1. The summed E-state index contributed by atoms with van der Waals surface area (Å²) in [5.74, 6) is -0.843. The van der Waals surface area contributed by atoms with Crippen LogP contribution in [0.2, 0.25) is 0 Å². The molecule has 0 spiro atoms. The summed E-state index contributed by atoms with van der Waals surface area (Å²) in [5.41, 5.74) is 4.55. The molecule has 3 heterocycles. The molecule has 0 unspecified atom stereocenters. The number of pyridine rings is 1. The third-order valence-electron chi connectivity index (χ3n) is 4.52. The lowest BCUT2D eigenvalue weighted by Gasteiger charge is -2.09. The predicted octanol–water partition coefficient (Wildman–Crippen LogP) is 3.63. The summed E-state index contributed by atoms with van der Waals surface area (Å²) >= 11 is 0. The van der Waals surface area contributed by atoms with Gasteiger partial charge in [-0.05, 0) is 18.1 Å². The molecule has 0 atom stereocenters. The van der Waals surface area contributed by atoms with Crippen LogP contribution in [-0.4, -0.2) is 38.1 Å². The molecule has 0 amide bonds. The van der Waals surface area contributed by atoms with Gasteiger partial charge in [0.2, 0.25) is 0 Å². The van der Waals surface area contributed by atoms with Gasteiger partial charge in [-0.1, -0.05) is 13.8 Å². The topological polar surface area (TPSA) is 101 Å². The molecule has 0 aliphatic heterocycles. The van der Waals surface area contributed by atoms with Crippen LogP contribution in [-0.2, 0) is 11.3 Å². The van der Waals surface area contributed by atoms with Gasteiger partial charge in [-0.2, -0.15) is 0 Å². The van der Waals surface area contributed by atoms with Gasteiger partial charge in [0, 0.05) is 35.2 Å². The van der Waals surface area contributed by atoms with E-state index in [-0.39, 0.29) is 18.2 Å². The van der Waals surface area contributed by atoms with Crippen molar-refractivity contribution < 1.29 is 14.6 Å². The monoisotopic (exact) mass is 350 g/mol. The molecular formula is C19H18N4O3. The molecule has 0 saturated carbocycles. The van der Waals surface area contributed by atoms with Gasteiger partial charge in [0.25, 0.3) is 0 Å². The Bertz CT molecular complexity index is 1160. The van der Waals surface area contributed by atoms with Crippen molar-refractivity contribution in [2.45, 2.75) is 26.4 Å². The molecule has 7 nitrogen and oxygen atoms in total. The quantitative estimate of drug-likeness (QED) is 0.583. The minimum Gasteiger partial charge on any atom is -0.477 e. The van der Waals surface area contributed by atoms with Crippen molar-refractivity contribution in [1.29, 1.82) is 0 Å². The fourth-order valence-electron chi connectivity index (χ4n) is 3.27. The van der Waals surface area contributed by atoms with Crippen LogP contribution in [0.3, 0.4) is 0 Å². The van der Waals surface area contributed by atoms with E-state index in [9.17, 15) is 9.90 Å². The van der Waals surface area contributed by atoms with Crippen LogP contribution in [0.1, 0.15) is 41.5 Å². The first-order valence-electron chi connectivity index (χ1n) is 8.32. The van der Waals surface area contributed by atoms with Crippen molar-refractivity contribution in [1.82, 2.24) is 19.9 Å². The average molecular weight is 350 g/mol. The van der Waals surface area contributed by atoms with E-state index in [1.807, 2.05) is 12.1 Å². The third-order valence-corrected chi connectivity index (χ3v) is 4.52. The lowest BCUT2D eigenvalue weighted by Crippen LogP contribution is -2.07. The summed E-state index contributed by atoms with van der Waals surface area (Å²) < 4.78 is 5.27. The highest BCUT2D eigenvalue weighted by Crippen LogP contribution is 2.34. The average Bonchev–Trinajstić information content (AvgIpc) is 3.00. The summed E-state index contributed by atoms with van der Waals surface area (Å²) in [4.78, 5) is 28.4. The highest BCUT2D eigenvalue weighted by atomic mass is 16.5. The Morgan fingerprint density at radius 1 is 1.19 bits per heavy atom. The maximum atomic E-state index is 11.6. The molecule has 1 aromatic carbocycles. The third kappa shape index (κ3) is 2.40. The second-order valence-corrected chi connectivity index (χ2v) is 6.54. The lowest BCUT2D eigenvalue weighted by molar-refractivity contribution is 0.0685. The number of ether oxygens (including phenoxy) is 1. The summed E-state index contributed by atoms with van der Waals surface area (Å²) in [7, 11) is 1.54. The number of hydrogen-bond donors (Lipinski definition) is 2. The summed E-state index contributed by atoms with van der Waals surface area (Å²) in [5, 5.41) is 11.2. The van der Waals surface area contributed by atoms with Crippen LogP contribution in [0.5, 0.6) is 0 Å². The largest absolute Gasteiger partial charge is 0.477 e. The van der Waals surface area contributed by atoms with Crippen molar-refractivity contribution >= 4 is 38.8 Å². The van der Waals surface area contributed by atoms with Gasteiger partial charge in [-0.15, -0.1) is 0 Å². The smallest absolute Gasteiger partial charge is 0.354 e. The van der Waals surface area contributed by atoms with Crippen molar-refractivity contribution in [3.63, 3.8) is 0 Å². The number of aromatic nitrogens is 4. The number of methoxy groups -OCH3 is 1. The molecule has 4 rings (SSSR count). The molecule has 7 heteroatoms. The zero-order chi connectivity index (χ0) is 18.4. The van der Waals surface area contributed by atoms with E-state index < -0.39 is 5.97 Å². The number of rotatable bonds is 4. The summed E-state index contributed by atoms with van der Waals surface area (Å²) in [6.45, 7) is 4.27. The second-order valence-electron chi connectivity index (χ2n) is 6.54. The van der Waals surface area contributed by atoms with Gasteiger partial charge in [0.05, 0.1) is 35.0 Å². The Balaban J connectivity index is 2.21. The summed E-state index contributed by atoms with van der Waals surface area (Å²) in [6.07, 6.45) is 3.33. The number of carbonyl (C=O) groups is 1. The van der Waals surface area contributed by atoms with Crippen molar-refractivity contribution in [3.8, 4) is 0 Å². The summed E-state index contributed by atoms with van der Waals surface area (Å²) in [6, 6.07) is 3.84. The molecule has 26 heavy (non-hydrogen) atoms. The molecule has 0 radical (unpaired) electrons. The van der Waals surface area contributed by atoms with Gasteiger partial charge in [-0.3, -0.25) is 4.98 Å². The Hall–Kier alpha value is -3.06. The van der Waals surface area contributed by atoms with Gasteiger partial charge >= 0.3 is 5.97 Å². The van der Waals surface area contributed by atoms with E-state index in [2.05, 4.69) is 28.8 Å². The van der Waals surface area contributed by atoms with Crippen LogP contribution in [0.15, 0.2) is 24.5 Å². The fraction of sp³-hybridized carbons (Fsp3) is 0.263. The number of nitrogens with one attached hydrogen (secondary N) is 1. The standard InChI is InChI=1S/C19H18N4O3/c1-9(2)13-6-20-12-5-4-11-16(18(12)23-13)15-10(8-26-3)17(19(24)25)21-7-14(15)22-11/h4-7,9,22H,8H2,1-3H3,(H,24,25). The number of carboxylic acids is 1. The van der Waals surface area contributed by atoms with Crippen LogP contribution < -0.4 is 0 Å². The zero-order valence-electron chi connectivity index (χ0n) is 14.7. The molecule has 4 aromatic rings. The number of aromatic amines is 1. The van der Waals surface area contributed by atoms with E-state index in [1.165, 1.54) is 7.11 Å². The van der Waals surface area contributed by atoms with Gasteiger partial charge in [0.1, 0.15) is 0 Å². The van der Waals surface area contributed by atoms with Gasteiger partial charge in [0.15, 0.2) is 5.69 Å². The maximum absolute atomic E-state index is 11.6. The Morgan fingerprint density at radius 3 is 2.69 bits per heavy atom. The number of carboxylic acid groups (broad SMARTS) is 1. The highest BCUT2D eigenvalue weighted by molar-refractivity contribution is 6.20. The molecule has 0 aliphatic carbocycles. The molecule has 0 fully saturated rings. The van der Waals surface area contributed by atoms with Crippen LogP contribution >= 0.6 is 0 Å². The van der Waals surface area contributed by atoms with E-state index in [4.69, 9.17) is 9.72 Å². The highest BCUT2D eigenvalue weighted by Gasteiger charge is 2.20. The normalized spacial score (nSPS) is 11.8. The Labute approximate surface area is 149 Å². The lowest BCUT2D eigenvalue weighted by atomic mass is 10.0. The number of hydrogen-bond acceptors (Lipinski definition) is 5. The molecule has 0 aliphatic rings. The van der Waals surface area contributed by atoms with E-state index in [0.29, 0.717) is 5.56 Å². The van der Waals surface area contributed by atoms with Crippen LogP contribution in [0, 0.1) is 0 Å². The minimum atomic E-state index is -1.08. The van der Waals surface area contributed by atoms with E-state index in [1.54, 1.807) is 12.4 Å². The first-order chi connectivity index (χ1) is 12.5. The minimum absolute atomic E-state index is 0.00905. The molecule has 3 aromatic heterocycles. The SMILES string of the molecule is COCc1c(C(=O)O)ncc2[nH]c3ccc4ncc(C(C)C)nc4c3c12. The number of nitrogens with zero attached hydrogens (tertiary/aromatic N) is 3. The molecular weight excluding hydrogens is 332 g/mol. The number of aromatic carboxylic acids is 1. The second kappa shape index (κ2) is 6.03. The van der Waals surface area contributed by atoms with Crippen molar-refractivity contribution in [2.24, 2.45) is 0 Å². The number of benzene rings is 1. The van der Waals surface area contributed by atoms with Crippen molar-refractivity contribution in [2.75, 3.05) is 7.11 Å². The molecule has 132 valence electrons. The van der Waals surface area contributed by atoms with Crippen LogP contribution in [0.25, 0.3) is 32.8 Å². The fourth-order valence-corrected chi connectivity index (χ4v) is 3.27. The first kappa shape index (κ1) is 16.4. The molecule has 2 N–H and O–H groups in total. The number of fused-ring (bicyclic) bond motifs is 5. The molecule has 0 saturated heterocycles.